The highest BCUT2D eigenvalue weighted by Gasteiger charge is 2.49. The Labute approximate surface area is 166 Å². The molecule has 170 valence electrons. The molecule has 0 aromatic carbocycles. The van der Waals surface area contributed by atoms with Gasteiger partial charge in [-0.15, -0.1) is 0 Å². The van der Waals surface area contributed by atoms with E-state index in [9.17, 15) is 0 Å². The van der Waals surface area contributed by atoms with E-state index in [0.717, 1.165) is 0 Å². The van der Waals surface area contributed by atoms with Crippen LogP contribution in [0.3, 0.4) is 0 Å². The SMILES string of the molecule is OCCO[Si](CC[Si](OCCO)(OCCO)OCCO)(OCCO)OCCO. The molecule has 0 aliphatic carbocycles. The summed E-state index contributed by atoms with van der Waals surface area (Å²) in [5, 5.41) is 54.6. The first-order valence-corrected chi connectivity index (χ1v) is 12.9. The highest BCUT2D eigenvalue weighted by molar-refractivity contribution is 6.66. The lowest BCUT2D eigenvalue weighted by atomic mass is 10.8. The van der Waals surface area contributed by atoms with Gasteiger partial charge >= 0.3 is 17.6 Å². The van der Waals surface area contributed by atoms with Gasteiger partial charge in [0, 0.05) is 12.1 Å². The van der Waals surface area contributed by atoms with E-state index in [1.54, 1.807) is 0 Å². The number of hydrogen-bond acceptors (Lipinski definition) is 12. The standard InChI is InChI=1S/C14H34O12Si2/c15-1-7-21-27(22-8-2-16,23-9-3-17)13-14-28(24-10-4-18,25-11-5-19)26-12-6-20/h15-20H,1-14H2. The average molecular weight is 451 g/mol. The van der Waals surface area contributed by atoms with Crippen LogP contribution in [-0.2, 0) is 26.6 Å². The second-order valence-electron chi connectivity index (χ2n) is 5.30. The molecule has 0 aliphatic heterocycles. The summed E-state index contributed by atoms with van der Waals surface area (Å²) in [6.45, 7) is -2.19. The van der Waals surface area contributed by atoms with Crippen molar-refractivity contribution in [3.05, 3.63) is 0 Å². The van der Waals surface area contributed by atoms with Crippen LogP contribution in [0.1, 0.15) is 0 Å². The molecule has 6 N–H and O–H groups in total. The van der Waals surface area contributed by atoms with Gasteiger partial charge in [0.15, 0.2) is 0 Å². The molecule has 0 unspecified atom stereocenters. The van der Waals surface area contributed by atoms with Crippen LogP contribution in [0.4, 0.5) is 0 Å². The first-order valence-electron chi connectivity index (χ1n) is 9.06. The van der Waals surface area contributed by atoms with Gasteiger partial charge in [-0.25, -0.2) is 0 Å². The lowest BCUT2D eigenvalue weighted by Crippen LogP contribution is -2.53. The number of hydrogen-bond donors (Lipinski definition) is 6. The summed E-state index contributed by atoms with van der Waals surface area (Å²) in [5.74, 6) is 0. The zero-order valence-electron chi connectivity index (χ0n) is 16.0. The second kappa shape index (κ2) is 17.8. The van der Waals surface area contributed by atoms with Crippen molar-refractivity contribution in [2.45, 2.75) is 12.1 Å². The van der Waals surface area contributed by atoms with E-state index in [0.29, 0.717) is 0 Å². The Morgan fingerprint density at radius 1 is 0.357 bits per heavy atom. The Kier molecular flexibility index (Phi) is 17.8. The topological polar surface area (TPSA) is 177 Å². The summed E-state index contributed by atoms with van der Waals surface area (Å²) in [7, 11) is -6.92. The third-order valence-corrected chi connectivity index (χ3v) is 9.31. The predicted octanol–water partition coefficient (Wildman–Crippen LogP) is -3.08. The van der Waals surface area contributed by atoms with Crippen LogP contribution < -0.4 is 0 Å². The van der Waals surface area contributed by atoms with Crippen molar-refractivity contribution in [2.75, 3.05) is 79.3 Å². The molecule has 0 rings (SSSR count). The van der Waals surface area contributed by atoms with E-state index in [-0.39, 0.29) is 91.4 Å². The quantitative estimate of drug-likeness (QED) is 0.0973. The largest absolute Gasteiger partial charge is 0.501 e. The minimum Gasteiger partial charge on any atom is -0.394 e. The van der Waals surface area contributed by atoms with Crippen LogP contribution in [-0.4, -0.2) is 128 Å². The lowest BCUT2D eigenvalue weighted by molar-refractivity contribution is 0.0182. The maximum atomic E-state index is 9.10. The molecule has 12 nitrogen and oxygen atoms in total. The zero-order valence-corrected chi connectivity index (χ0v) is 18.0. The first-order chi connectivity index (χ1) is 13.6. The Balaban J connectivity index is 5.42. The minimum absolute atomic E-state index is 0.0792. The van der Waals surface area contributed by atoms with Crippen molar-refractivity contribution >= 4 is 17.6 Å². The van der Waals surface area contributed by atoms with Crippen molar-refractivity contribution in [3.63, 3.8) is 0 Å². The second-order valence-corrected chi connectivity index (χ2v) is 10.8. The van der Waals surface area contributed by atoms with E-state index >= 15 is 0 Å². The van der Waals surface area contributed by atoms with Crippen LogP contribution in [0.2, 0.25) is 12.1 Å². The fourth-order valence-electron chi connectivity index (χ4n) is 2.20. The van der Waals surface area contributed by atoms with Gasteiger partial charge in [0.25, 0.3) is 0 Å². The van der Waals surface area contributed by atoms with E-state index in [4.69, 9.17) is 57.2 Å². The molecule has 0 atom stereocenters. The van der Waals surface area contributed by atoms with E-state index in [2.05, 4.69) is 0 Å². The van der Waals surface area contributed by atoms with Gasteiger partial charge in [-0.1, -0.05) is 0 Å². The first kappa shape index (κ1) is 28.0. The highest BCUT2D eigenvalue weighted by atomic mass is 28.4. The molecule has 0 bridgehead atoms. The van der Waals surface area contributed by atoms with Gasteiger partial charge in [-0.3, -0.25) is 0 Å². The zero-order chi connectivity index (χ0) is 21.1. The molecule has 0 radical (unpaired) electrons. The lowest BCUT2D eigenvalue weighted by Gasteiger charge is -2.33. The van der Waals surface area contributed by atoms with Crippen molar-refractivity contribution in [1.82, 2.24) is 0 Å². The van der Waals surface area contributed by atoms with Crippen molar-refractivity contribution in [2.24, 2.45) is 0 Å². The summed E-state index contributed by atoms with van der Waals surface area (Å²) in [6.07, 6.45) is 0. The molecule has 0 saturated carbocycles. The Hall–Kier alpha value is -0.0462. The third kappa shape index (κ3) is 11.8. The minimum atomic E-state index is -3.46. The van der Waals surface area contributed by atoms with Crippen LogP contribution >= 0.6 is 0 Å². The summed E-state index contributed by atoms with van der Waals surface area (Å²) < 4.78 is 33.7. The monoisotopic (exact) mass is 450 g/mol. The molecule has 0 spiro atoms. The molecule has 0 amide bonds. The predicted molar refractivity (Wildman–Crippen MR) is 99.3 cm³/mol. The van der Waals surface area contributed by atoms with E-state index < -0.39 is 17.6 Å². The summed E-state index contributed by atoms with van der Waals surface area (Å²) in [6, 6.07) is 0.197. The highest BCUT2D eigenvalue weighted by Crippen LogP contribution is 2.26. The normalized spacial score (nSPS) is 12.6. The van der Waals surface area contributed by atoms with E-state index in [1.165, 1.54) is 0 Å². The Bertz CT molecular complexity index is 277. The van der Waals surface area contributed by atoms with Crippen LogP contribution in [0, 0.1) is 0 Å². The van der Waals surface area contributed by atoms with Crippen molar-refractivity contribution in [1.29, 1.82) is 0 Å². The maximum Gasteiger partial charge on any atom is 0.501 e. The summed E-state index contributed by atoms with van der Waals surface area (Å²) >= 11 is 0. The fourth-order valence-corrected chi connectivity index (χ4v) is 8.43. The van der Waals surface area contributed by atoms with Crippen LogP contribution in [0.5, 0.6) is 0 Å². The van der Waals surface area contributed by atoms with Gasteiger partial charge < -0.3 is 57.2 Å². The third-order valence-electron chi connectivity index (χ3n) is 3.22. The molecule has 0 heterocycles. The van der Waals surface area contributed by atoms with Crippen LogP contribution in [0.15, 0.2) is 0 Å². The van der Waals surface area contributed by atoms with Gasteiger partial charge in [0.2, 0.25) is 0 Å². The number of aliphatic hydroxyl groups is 6. The van der Waals surface area contributed by atoms with Crippen molar-refractivity contribution in [3.8, 4) is 0 Å². The fraction of sp³-hybridized carbons (Fsp3) is 1.00. The molecule has 0 aliphatic rings. The molecule has 0 saturated heterocycles. The van der Waals surface area contributed by atoms with Gasteiger partial charge in [-0.2, -0.15) is 0 Å². The maximum absolute atomic E-state index is 9.10. The number of rotatable bonds is 21. The summed E-state index contributed by atoms with van der Waals surface area (Å²) in [5.41, 5.74) is 0. The smallest absolute Gasteiger partial charge is 0.394 e. The molecule has 0 aromatic rings. The molecular formula is C14H34O12Si2. The van der Waals surface area contributed by atoms with Crippen LogP contribution in [0.25, 0.3) is 0 Å². The average Bonchev–Trinajstić information content (AvgIpc) is 2.73. The Morgan fingerprint density at radius 3 is 0.679 bits per heavy atom. The molecule has 0 fully saturated rings. The molecule has 28 heavy (non-hydrogen) atoms. The summed E-state index contributed by atoms with van der Waals surface area (Å²) in [4.78, 5) is 0. The molecule has 0 aromatic heterocycles. The Morgan fingerprint density at radius 2 is 0.536 bits per heavy atom. The van der Waals surface area contributed by atoms with Gasteiger partial charge in [0.1, 0.15) is 0 Å². The van der Waals surface area contributed by atoms with Crippen molar-refractivity contribution < 1.29 is 57.2 Å². The van der Waals surface area contributed by atoms with E-state index in [1.807, 2.05) is 0 Å². The van der Waals surface area contributed by atoms with Gasteiger partial charge in [-0.05, 0) is 0 Å². The number of aliphatic hydroxyl groups excluding tert-OH is 6. The molecule has 14 heteroatoms. The van der Waals surface area contributed by atoms with Gasteiger partial charge in [0.05, 0.1) is 79.3 Å². The molecular weight excluding hydrogens is 416 g/mol.